The van der Waals surface area contributed by atoms with E-state index in [4.69, 9.17) is 0 Å². The van der Waals surface area contributed by atoms with Crippen molar-refractivity contribution in [2.75, 3.05) is 13.1 Å². The van der Waals surface area contributed by atoms with Crippen molar-refractivity contribution in [2.45, 2.75) is 51.0 Å². The van der Waals surface area contributed by atoms with Gasteiger partial charge in [0.15, 0.2) is 0 Å². The normalized spacial score (nSPS) is 33.6. The molecule has 2 N–H and O–H groups in total. The lowest BCUT2D eigenvalue weighted by Gasteiger charge is -2.61. The van der Waals surface area contributed by atoms with E-state index in [1.165, 1.54) is 4.90 Å². The molecule has 5 aliphatic rings. The Hall–Kier alpha value is -2.61. The maximum atomic E-state index is 13.3. The maximum absolute atomic E-state index is 13.3. The molecular formula is C25H29N3O4S. The molecule has 4 bridgehead atoms. The molecule has 6 rings (SSSR count). The molecule has 1 aliphatic heterocycles. The molecule has 1 saturated heterocycles. The van der Waals surface area contributed by atoms with E-state index in [0.717, 1.165) is 49.4 Å². The summed E-state index contributed by atoms with van der Waals surface area (Å²) in [6, 6.07) is 9.42. The number of carbonyl (C=O) groups is 4. The smallest absolute Gasteiger partial charge is 0.293 e. The van der Waals surface area contributed by atoms with Crippen LogP contribution in [0.2, 0.25) is 0 Å². The van der Waals surface area contributed by atoms with E-state index in [9.17, 15) is 19.2 Å². The van der Waals surface area contributed by atoms with E-state index < -0.39 is 5.41 Å². The molecular weight excluding hydrogens is 438 g/mol. The zero-order chi connectivity index (χ0) is 23.2. The van der Waals surface area contributed by atoms with Gasteiger partial charge in [-0.05, 0) is 73.8 Å². The lowest BCUT2D eigenvalue weighted by Crippen LogP contribution is -2.65. The summed E-state index contributed by atoms with van der Waals surface area (Å²) in [4.78, 5) is 51.9. The zero-order valence-electron chi connectivity index (χ0n) is 18.8. The van der Waals surface area contributed by atoms with Gasteiger partial charge >= 0.3 is 0 Å². The molecule has 0 aromatic heterocycles. The third-order valence-electron chi connectivity index (χ3n) is 7.58. The molecule has 33 heavy (non-hydrogen) atoms. The highest BCUT2D eigenvalue weighted by Gasteiger charge is 2.60. The van der Waals surface area contributed by atoms with E-state index >= 15 is 0 Å². The quantitative estimate of drug-likeness (QED) is 0.626. The fourth-order valence-electron chi connectivity index (χ4n) is 6.91. The Balaban J connectivity index is 1.21. The average molecular weight is 468 g/mol. The van der Waals surface area contributed by atoms with E-state index in [2.05, 4.69) is 10.6 Å². The lowest BCUT2D eigenvalue weighted by molar-refractivity contribution is -0.153. The third kappa shape index (κ3) is 4.21. The first kappa shape index (κ1) is 22.2. The van der Waals surface area contributed by atoms with Crippen molar-refractivity contribution in [3.8, 4) is 0 Å². The lowest BCUT2D eigenvalue weighted by atomic mass is 9.46. The Morgan fingerprint density at radius 1 is 1.12 bits per heavy atom. The molecule has 1 heterocycles. The van der Waals surface area contributed by atoms with Crippen molar-refractivity contribution in [1.82, 2.24) is 15.5 Å². The summed E-state index contributed by atoms with van der Waals surface area (Å²) < 4.78 is 0. The largest absolute Gasteiger partial charge is 0.354 e. The predicted octanol–water partition coefficient (Wildman–Crippen LogP) is 3.31. The summed E-state index contributed by atoms with van der Waals surface area (Å²) in [5.74, 6) is 0.580. The summed E-state index contributed by atoms with van der Waals surface area (Å²) in [5.41, 5.74) is 0.145. The van der Waals surface area contributed by atoms with Gasteiger partial charge in [0.25, 0.3) is 11.1 Å². The molecule has 4 amide bonds. The number of benzene rings is 1. The van der Waals surface area contributed by atoms with Crippen LogP contribution in [0.15, 0.2) is 35.2 Å². The number of amides is 4. The van der Waals surface area contributed by atoms with Crippen LogP contribution < -0.4 is 10.6 Å². The summed E-state index contributed by atoms with van der Waals surface area (Å²) in [7, 11) is 0. The predicted molar refractivity (Wildman–Crippen MR) is 126 cm³/mol. The van der Waals surface area contributed by atoms with E-state index in [-0.39, 0.29) is 41.6 Å². The summed E-state index contributed by atoms with van der Waals surface area (Å²) in [5, 5.41) is 5.89. The molecule has 2 unspecified atom stereocenters. The van der Waals surface area contributed by atoms with Gasteiger partial charge in [0.2, 0.25) is 11.8 Å². The Labute approximate surface area is 197 Å². The highest BCUT2D eigenvalue weighted by atomic mass is 32.2. The fraction of sp³-hybridized carbons (Fsp3) is 0.520. The Morgan fingerprint density at radius 2 is 1.82 bits per heavy atom. The number of nitrogens with zero attached hydrogens (tertiary/aromatic N) is 1. The molecule has 8 heteroatoms. The van der Waals surface area contributed by atoms with Crippen LogP contribution in [0.25, 0.3) is 6.08 Å². The number of hydrogen-bond acceptors (Lipinski definition) is 5. The van der Waals surface area contributed by atoms with E-state index in [1.54, 1.807) is 13.0 Å². The van der Waals surface area contributed by atoms with Crippen molar-refractivity contribution >= 4 is 40.8 Å². The monoisotopic (exact) mass is 467 g/mol. The Bertz CT molecular complexity index is 1020. The van der Waals surface area contributed by atoms with Gasteiger partial charge in [0, 0.05) is 25.6 Å². The van der Waals surface area contributed by atoms with Crippen LogP contribution >= 0.6 is 11.8 Å². The second kappa shape index (κ2) is 8.31. The van der Waals surface area contributed by atoms with E-state index in [0.29, 0.717) is 23.2 Å². The van der Waals surface area contributed by atoms with Crippen LogP contribution in [0.3, 0.4) is 0 Å². The number of thioether (sulfide) groups is 1. The molecule has 174 valence electrons. The summed E-state index contributed by atoms with van der Waals surface area (Å²) in [6.07, 6.45) is 7.18. The second-order valence-electron chi connectivity index (χ2n) is 10.2. The van der Waals surface area contributed by atoms with Crippen LogP contribution in [0.5, 0.6) is 0 Å². The molecule has 4 aliphatic carbocycles. The molecule has 1 aromatic rings. The first-order chi connectivity index (χ1) is 15.8. The number of carbonyl (C=O) groups excluding carboxylic acids is 4. The van der Waals surface area contributed by atoms with Crippen LogP contribution in [-0.2, 0) is 14.4 Å². The molecule has 2 atom stereocenters. The van der Waals surface area contributed by atoms with Crippen molar-refractivity contribution in [1.29, 1.82) is 0 Å². The maximum Gasteiger partial charge on any atom is 0.293 e. The number of hydrogen-bond donors (Lipinski definition) is 2. The van der Waals surface area contributed by atoms with Gasteiger partial charge in [-0.3, -0.25) is 24.1 Å². The van der Waals surface area contributed by atoms with Crippen molar-refractivity contribution in [3.63, 3.8) is 0 Å². The van der Waals surface area contributed by atoms with Gasteiger partial charge in [-0.2, -0.15) is 0 Å². The SMILES string of the molecule is CC(=O)NC12CC3CC(C1)CC(C(=O)NCCN1C(=O)S/C(=C\c4ccccc4)C1=O)(C3)C2. The van der Waals surface area contributed by atoms with Crippen LogP contribution in [0.1, 0.15) is 51.0 Å². The van der Waals surface area contributed by atoms with Crippen LogP contribution in [0.4, 0.5) is 4.79 Å². The van der Waals surface area contributed by atoms with Gasteiger partial charge in [-0.15, -0.1) is 0 Å². The van der Waals surface area contributed by atoms with Gasteiger partial charge < -0.3 is 10.6 Å². The Morgan fingerprint density at radius 3 is 2.48 bits per heavy atom. The van der Waals surface area contributed by atoms with Crippen LogP contribution in [0, 0.1) is 17.3 Å². The summed E-state index contributed by atoms with van der Waals surface area (Å²) in [6.45, 7) is 1.94. The first-order valence-electron chi connectivity index (χ1n) is 11.7. The number of nitrogens with one attached hydrogen (secondary N) is 2. The van der Waals surface area contributed by atoms with Gasteiger partial charge in [-0.1, -0.05) is 30.3 Å². The minimum absolute atomic E-state index is 0.00174. The molecule has 0 spiro atoms. The van der Waals surface area contributed by atoms with Crippen molar-refractivity contribution in [3.05, 3.63) is 40.8 Å². The second-order valence-corrected chi connectivity index (χ2v) is 11.2. The first-order valence-corrected chi connectivity index (χ1v) is 12.5. The molecule has 1 aromatic carbocycles. The topological polar surface area (TPSA) is 95.6 Å². The highest BCUT2D eigenvalue weighted by Crippen LogP contribution is 2.61. The zero-order valence-corrected chi connectivity index (χ0v) is 19.6. The van der Waals surface area contributed by atoms with E-state index in [1.807, 2.05) is 30.3 Å². The summed E-state index contributed by atoms with van der Waals surface area (Å²) >= 11 is 0.934. The van der Waals surface area contributed by atoms with Gasteiger partial charge in [0.05, 0.1) is 10.3 Å². The third-order valence-corrected chi connectivity index (χ3v) is 8.48. The average Bonchev–Trinajstić information content (AvgIpc) is 2.99. The minimum Gasteiger partial charge on any atom is -0.354 e. The van der Waals surface area contributed by atoms with Crippen molar-refractivity contribution in [2.24, 2.45) is 17.3 Å². The fourth-order valence-corrected chi connectivity index (χ4v) is 7.78. The number of rotatable bonds is 6. The van der Waals surface area contributed by atoms with Gasteiger partial charge in [-0.25, -0.2) is 0 Å². The highest BCUT2D eigenvalue weighted by molar-refractivity contribution is 8.18. The van der Waals surface area contributed by atoms with Gasteiger partial charge in [0.1, 0.15) is 0 Å². The van der Waals surface area contributed by atoms with Crippen molar-refractivity contribution < 1.29 is 19.2 Å². The standard InChI is InChI=1S/C25H29N3O4S/c1-16(29)27-25-13-18-9-19(14-25)12-24(11-18,15-25)22(31)26-7-8-28-21(30)20(33-23(28)32)10-17-5-3-2-4-6-17/h2-6,10,18-19H,7-9,11-15H2,1H3,(H,26,31)(H,27,29)/b20-10-. The molecule has 4 saturated carbocycles. The molecule has 7 nitrogen and oxygen atoms in total. The number of imide groups is 1. The van der Waals surface area contributed by atoms with Crippen LogP contribution in [-0.4, -0.2) is 46.5 Å². The minimum atomic E-state index is -0.460. The Kier molecular flexibility index (Phi) is 5.59. The molecule has 0 radical (unpaired) electrons. The molecule has 5 fully saturated rings.